The quantitative estimate of drug-likeness (QED) is 0.0320. The van der Waals surface area contributed by atoms with E-state index in [0.717, 1.165) is 51.4 Å². The number of ether oxygens (including phenoxy) is 1. The topological polar surface area (TPSA) is 95.9 Å². The summed E-state index contributed by atoms with van der Waals surface area (Å²) >= 11 is 0. The van der Waals surface area contributed by atoms with Gasteiger partial charge in [-0.05, 0) is 83.5 Å². The molecule has 2 atom stereocenters. The second kappa shape index (κ2) is 67.6. The number of allylic oxidation sites excluding steroid dienone is 6. The Bertz CT molecular complexity index is 1260. The van der Waals surface area contributed by atoms with Crippen molar-refractivity contribution in [2.75, 3.05) is 13.2 Å². The molecule has 1 amide bonds. The third-order valence-corrected chi connectivity index (χ3v) is 16.4. The average molecular weight is 1100 g/mol. The maximum absolute atomic E-state index is 12.5. The van der Waals surface area contributed by atoms with Crippen LogP contribution in [0.2, 0.25) is 0 Å². The predicted molar refractivity (Wildman–Crippen MR) is 343 cm³/mol. The number of rotatable bonds is 66. The molecule has 0 aromatic rings. The summed E-state index contributed by atoms with van der Waals surface area (Å²) < 4.78 is 5.48. The van der Waals surface area contributed by atoms with Crippen molar-refractivity contribution in [2.45, 2.75) is 398 Å². The minimum Gasteiger partial charge on any atom is -0.466 e. The second-order valence-electron chi connectivity index (χ2n) is 24.2. The molecule has 0 aliphatic carbocycles. The molecule has 0 bridgehead atoms. The molecule has 6 heteroatoms. The van der Waals surface area contributed by atoms with Crippen LogP contribution in [-0.2, 0) is 14.3 Å². The van der Waals surface area contributed by atoms with Gasteiger partial charge in [-0.2, -0.15) is 0 Å². The summed E-state index contributed by atoms with van der Waals surface area (Å²) in [6.45, 7) is 4.95. The van der Waals surface area contributed by atoms with E-state index in [1.165, 1.54) is 302 Å². The molecule has 78 heavy (non-hydrogen) atoms. The van der Waals surface area contributed by atoms with Gasteiger partial charge >= 0.3 is 5.97 Å². The summed E-state index contributed by atoms with van der Waals surface area (Å²) in [6.07, 6.45) is 86.2. The Hall–Kier alpha value is -1.92. The van der Waals surface area contributed by atoms with Crippen molar-refractivity contribution >= 4 is 11.9 Å². The zero-order chi connectivity index (χ0) is 56.4. The molecule has 0 spiro atoms. The highest BCUT2D eigenvalue weighted by Gasteiger charge is 2.20. The molecule has 0 fully saturated rings. The minimum absolute atomic E-state index is 0.00283. The van der Waals surface area contributed by atoms with Crippen molar-refractivity contribution in [3.63, 3.8) is 0 Å². The number of unbranched alkanes of at least 4 members (excludes halogenated alkanes) is 49. The van der Waals surface area contributed by atoms with Crippen LogP contribution in [0.1, 0.15) is 386 Å². The number of aliphatic hydroxyl groups is 2. The smallest absolute Gasteiger partial charge is 0.305 e. The number of carbonyl (C=O) groups excluding carboxylic acids is 2. The molecule has 0 aromatic heterocycles. The highest BCUT2D eigenvalue weighted by molar-refractivity contribution is 5.76. The Balaban J connectivity index is 3.37. The molecular weight excluding hydrogens is 959 g/mol. The van der Waals surface area contributed by atoms with Gasteiger partial charge in [0, 0.05) is 12.8 Å². The molecule has 0 rings (SSSR count). The van der Waals surface area contributed by atoms with Crippen LogP contribution in [0.25, 0.3) is 0 Å². The van der Waals surface area contributed by atoms with Crippen LogP contribution in [0.15, 0.2) is 36.5 Å². The van der Waals surface area contributed by atoms with Gasteiger partial charge in [-0.1, -0.05) is 326 Å². The Morgan fingerprint density at radius 1 is 0.359 bits per heavy atom. The number of esters is 1. The van der Waals surface area contributed by atoms with Crippen LogP contribution in [0.3, 0.4) is 0 Å². The van der Waals surface area contributed by atoms with E-state index in [4.69, 9.17) is 4.74 Å². The van der Waals surface area contributed by atoms with Gasteiger partial charge in [0.2, 0.25) is 5.91 Å². The van der Waals surface area contributed by atoms with E-state index in [2.05, 4.69) is 55.6 Å². The summed E-state index contributed by atoms with van der Waals surface area (Å²) in [5, 5.41) is 23.4. The average Bonchev–Trinajstić information content (AvgIpc) is 3.44. The Kier molecular flexibility index (Phi) is 65.9. The van der Waals surface area contributed by atoms with E-state index in [9.17, 15) is 19.8 Å². The number of nitrogens with one attached hydrogen (secondary N) is 1. The van der Waals surface area contributed by atoms with Crippen LogP contribution in [0.4, 0.5) is 0 Å². The molecule has 460 valence electrons. The number of hydrogen-bond acceptors (Lipinski definition) is 5. The Morgan fingerprint density at radius 2 is 0.641 bits per heavy atom. The molecule has 0 saturated heterocycles. The predicted octanol–water partition coefficient (Wildman–Crippen LogP) is 22.7. The lowest BCUT2D eigenvalue weighted by Gasteiger charge is -2.22. The van der Waals surface area contributed by atoms with Crippen molar-refractivity contribution in [1.82, 2.24) is 5.32 Å². The first-order chi connectivity index (χ1) is 38.5. The van der Waals surface area contributed by atoms with Crippen molar-refractivity contribution in [3.8, 4) is 0 Å². The molecule has 0 aliphatic heterocycles. The first kappa shape index (κ1) is 76.1. The third kappa shape index (κ3) is 63.3. The van der Waals surface area contributed by atoms with Crippen molar-refractivity contribution in [2.24, 2.45) is 0 Å². The summed E-state index contributed by atoms with van der Waals surface area (Å²) in [5.74, 6) is -0.0283. The van der Waals surface area contributed by atoms with Crippen LogP contribution >= 0.6 is 0 Å². The minimum atomic E-state index is -0.664. The van der Waals surface area contributed by atoms with E-state index >= 15 is 0 Å². The summed E-state index contributed by atoms with van der Waals surface area (Å²) in [6, 6.07) is -0.541. The van der Waals surface area contributed by atoms with Crippen LogP contribution in [-0.4, -0.2) is 47.4 Å². The molecule has 0 aliphatic rings. The van der Waals surface area contributed by atoms with Gasteiger partial charge in [-0.3, -0.25) is 9.59 Å². The number of hydrogen-bond donors (Lipinski definition) is 3. The molecular formula is C72H137NO5. The van der Waals surface area contributed by atoms with Gasteiger partial charge < -0.3 is 20.3 Å². The maximum Gasteiger partial charge on any atom is 0.305 e. The summed E-state index contributed by atoms with van der Waals surface area (Å²) in [4.78, 5) is 24.6. The van der Waals surface area contributed by atoms with Crippen molar-refractivity contribution in [1.29, 1.82) is 0 Å². The lowest BCUT2D eigenvalue weighted by molar-refractivity contribution is -0.143. The van der Waals surface area contributed by atoms with Gasteiger partial charge in [0.15, 0.2) is 0 Å². The van der Waals surface area contributed by atoms with Crippen molar-refractivity contribution < 1.29 is 24.5 Å². The standard InChI is InChI=1S/C72H137NO5/c1-3-5-7-9-11-13-15-17-19-33-37-40-44-48-52-56-60-64-70(75)69(68-74)73-71(76)65-61-57-53-49-45-41-38-34-31-29-27-25-23-21-20-22-24-26-28-30-32-35-39-43-47-51-55-59-63-67-78-72(77)66-62-58-54-50-46-42-36-18-16-14-12-10-8-6-4-2/h12,14,18,20,22,36,69-70,74-75H,3-11,13,15-17,19,21,23-35,37-68H2,1-2H3,(H,73,76)/b14-12-,22-20-,36-18-. The van der Waals surface area contributed by atoms with Crippen molar-refractivity contribution in [3.05, 3.63) is 36.5 Å². The summed E-state index contributed by atoms with van der Waals surface area (Å²) in [7, 11) is 0. The lowest BCUT2D eigenvalue weighted by Crippen LogP contribution is -2.45. The zero-order valence-corrected chi connectivity index (χ0v) is 52.7. The van der Waals surface area contributed by atoms with Gasteiger partial charge in [-0.15, -0.1) is 0 Å². The number of amides is 1. The van der Waals surface area contributed by atoms with Crippen LogP contribution in [0, 0.1) is 0 Å². The summed E-state index contributed by atoms with van der Waals surface area (Å²) in [5.41, 5.74) is 0. The Labute approximate surface area is 487 Å². The van der Waals surface area contributed by atoms with E-state index in [1.54, 1.807) is 0 Å². The van der Waals surface area contributed by atoms with E-state index in [0.29, 0.717) is 25.9 Å². The molecule has 0 saturated carbocycles. The fourth-order valence-corrected chi connectivity index (χ4v) is 11.0. The largest absolute Gasteiger partial charge is 0.466 e. The lowest BCUT2D eigenvalue weighted by atomic mass is 10.0. The molecule has 0 heterocycles. The van der Waals surface area contributed by atoms with Gasteiger partial charge in [0.05, 0.1) is 25.4 Å². The molecule has 6 nitrogen and oxygen atoms in total. The van der Waals surface area contributed by atoms with Crippen LogP contribution < -0.4 is 5.32 Å². The highest BCUT2D eigenvalue weighted by Crippen LogP contribution is 2.18. The molecule has 0 aromatic carbocycles. The molecule has 0 radical (unpaired) electrons. The van der Waals surface area contributed by atoms with E-state index < -0.39 is 12.1 Å². The van der Waals surface area contributed by atoms with Gasteiger partial charge in [0.25, 0.3) is 0 Å². The number of carbonyl (C=O) groups is 2. The SMILES string of the molecule is CCCCC/C=C\C/C=C\CCCCCCCC(=O)OCCCCCCCCCCCCCC/C=C\CCCCCCCCCCCCCCCC(=O)NC(CO)C(O)CCCCCCCCCCCCCCCCCCC. The molecule has 2 unspecified atom stereocenters. The fourth-order valence-electron chi connectivity index (χ4n) is 11.0. The molecule has 3 N–H and O–H groups in total. The number of aliphatic hydroxyl groups excluding tert-OH is 2. The maximum atomic E-state index is 12.5. The van der Waals surface area contributed by atoms with Gasteiger partial charge in [0.1, 0.15) is 0 Å². The Morgan fingerprint density at radius 3 is 1.01 bits per heavy atom. The van der Waals surface area contributed by atoms with Crippen LogP contribution in [0.5, 0.6) is 0 Å². The van der Waals surface area contributed by atoms with E-state index in [1.807, 2.05) is 0 Å². The second-order valence-corrected chi connectivity index (χ2v) is 24.2. The highest BCUT2D eigenvalue weighted by atomic mass is 16.5. The van der Waals surface area contributed by atoms with E-state index in [-0.39, 0.29) is 18.5 Å². The zero-order valence-electron chi connectivity index (χ0n) is 52.7. The normalized spacial score (nSPS) is 12.7. The fraction of sp³-hybridized carbons (Fsp3) is 0.889. The first-order valence-corrected chi connectivity index (χ1v) is 35.2. The van der Waals surface area contributed by atoms with Gasteiger partial charge in [-0.25, -0.2) is 0 Å². The third-order valence-electron chi connectivity index (χ3n) is 16.4. The first-order valence-electron chi connectivity index (χ1n) is 35.2. The monoisotopic (exact) mass is 1100 g/mol.